The van der Waals surface area contributed by atoms with E-state index in [9.17, 15) is 0 Å². The van der Waals surface area contributed by atoms with Crippen LogP contribution in [0.15, 0.2) is 36.7 Å². The fraction of sp³-hybridized carbons (Fsp3) is 0.500. The predicted molar refractivity (Wildman–Crippen MR) is 118 cm³/mol. The number of anilines is 1. The molecule has 2 aliphatic carbocycles. The molecule has 3 aromatic rings. The Kier molecular flexibility index (Phi) is 4.50. The number of aromatic amines is 1. The first-order valence-corrected chi connectivity index (χ1v) is 11.3. The third-order valence-electron chi connectivity index (χ3n) is 7.09. The maximum absolute atomic E-state index is 5.73. The summed E-state index contributed by atoms with van der Waals surface area (Å²) in [5.41, 5.74) is 5.09. The van der Waals surface area contributed by atoms with E-state index in [2.05, 4.69) is 62.4 Å². The molecule has 0 spiro atoms. The topological polar surface area (TPSA) is 66.1 Å². The van der Waals surface area contributed by atoms with Crippen molar-refractivity contribution in [3.05, 3.63) is 53.5 Å². The standard InChI is InChI=1S/C24H29N5O/c1-15-13-30-11-10-29(15)21-9-8-16-4-2-3-5-18(16)22(21)28-24-19-12-20(17-6-7-17)27-23(19)25-14-26-24/h2-5,12,14-15,17,21-22H,6-11,13H2,1H3,(H2,25,26,27,28). The Balaban J connectivity index is 1.39. The minimum Gasteiger partial charge on any atom is -0.379 e. The molecule has 1 aromatic carbocycles. The number of ether oxygens (including phenoxy) is 1. The first-order chi connectivity index (χ1) is 14.8. The Morgan fingerprint density at radius 3 is 2.93 bits per heavy atom. The van der Waals surface area contributed by atoms with Gasteiger partial charge in [0.25, 0.3) is 0 Å². The van der Waals surface area contributed by atoms with Crippen LogP contribution in [0.3, 0.4) is 0 Å². The highest BCUT2D eigenvalue weighted by atomic mass is 16.5. The summed E-state index contributed by atoms with van der Waals surface area (Å²) >= 11 is 0. The van der Waals surface area contributed by atoms with Crippen LogP contribution in [0.5, 0.6) is 0 Å². The third-order valence-corrected chi connectivity index (χ3v) is 7.09. The van der Waals surface area contributed by atoms with Gasteiger partial charge in [-0.05, 0) is 55.7 Å². The van der Waals surface area contributed by atoms with Gasteiger partial charge in [0.1, 0.15) is 17.8 Å². The first-order valence-electron chi connectivity index (χ1n) is 11.3. The van der Waals surface area contributed by atoms with Gasteiger partial charge in [0.05, 0.1) is 24.6 Å². The van der Waals surface area contributed by atoms with Gasteiger partial charge in [-0.15, -0.1) is 0 Å². The van der Waals surface area contributed by atoms with Gasteiger partial charge in [-0.25, -0.2) is 9.97 Å². The smallest absolute Gasteiger partial charge is 0.143 e. The Morgan fingerprint density at radius 1 is 1.17 bits per heavy atom. The van der Waals surface area contributed by atoms with Gasteiger partial charge in [0, 0.05) is 24.3 Å². The molecular formula is C24H29N5O. The second-order valence-corrected chi connectivity index (χ2v) is 9.07. The number of hydrogen-bond acceptors (Lipinski definition) is 5. The minimum atomic E-state index is 0.202. The highest BCUT2D eigenvalue weighted by Crippen LogP contribution is 2.42. The molecule has 1 saturated heterocycles. The van der Waals surface area contributed by atoms with E-state index in [1.54, 1.807) is 6.33 Å². The SMILES string of the molecule is CC1COCCN1C1CCc2ccccc2C1Nc1ncnc2[nH]c(C3CC3)cc12. The first kappa shape index (κ1) is 18.3. The third kappa shape index (κ3) is 3.19. The number of aromatic nitrogens is 3. The second kappa shape index (κ2) is 7.36. The number of fused-ring (bicyclic) bond motifs is 2. The second-order valence-electron chi connectivity index (χ2n) is 9.07. The van der Waals surface area contributed by atoms with Crippen LogP contribution in [0.1, 0.15) is 55.0 Å². The van der Waals surface area contributed by atoms with E-state index in [0.29, 0.717) is 18.0 Å². The summed E-state index contributed by atoms with van der Waals surface area (Å²) in [6.07, 6.45) is 6.50. The summed E-state index contributed by atoms with van der Waals surface area (Å²) in [6, 6.07) is 12.2. The van der Waals surface area contributed by atoms with Crippen LogP contribution < -0.4 is 5.32 Å². The van der Waals surface area contributed by atoms with Crippen molar-refractivity contribution in [2.75, 3.05) is 25.1 Å². The lowest BCUT2D eigenvalue weighted by Gasteiger charge is -2.45. The molecule has 6 rings (SSSR count). The fourth-order valence-electron chi connectivity index (χ4n) is 5.34. The fourth-order valence-corrected chi connectivity index (χ4v) is 5.34. The van der Waals surface area contributed by atoms with Crippen LogP contribution in [-0.4, -0.2) is 51.7 Å². The number of nitrogens with one attached hydrogen (secondary N) is 2. The molecule has 1 saturated carbocycles. The molecule has 0 amide bonds. The van der Waals surface area contributed by atoms with Crippen molar-refractivity contribution in [3.8, 4) is 0 Å². The maximum Gasteiger partial charge on any atom is 0.143 e. The lowest BCUT2D eigenvalue weighted by Crippen LogP contribution is -2.53. The minimum absolute atomic E-state index is 0.202. The Labute approximate surface area is 177 Å². The van der Waals surface area contributed by atoms with Gasteiger partial charge in [0.2, 0.25) is 0 Å². The van der Waals surface area contributed by atoms with Crippen molar-refractivity contribution in [2.45, 2.75) is 56.7 Å². The zero-order valence-electron chi connectivity index (χ0n) is 17.5. The van der Waals surface area contributed by atoms with E-state index in [4.69, 9.17) is 4.74 Å². The molecule has 6 nitrogen and oxygen atoms in total. The lowest BCUT2D eigenvalue weighted by atomic mass is 9.82. The largest absolute Gasteiger partial charge is 0.379 e. The van der Waals surface area contributed by atoms with Gasteiger partial charge in [0.15, 0.2) is 0 Å². The number of H-pyrrole nitrogens is 1. The zero-order chi connectivity index (χ0) is 20.1. The maximum atomic E-state index is 5.73. The highest BCUT2D eigenvalue weighted by Gasteiger charge is 2.37. The molecule has 2 N–H and O–H groups in total. The molecule has 30 heavy (non-hydrogen) atoms. The lowest BCUT2D eigenvalue weighted by molar-refractivity contribution is -0.0289. The van der Waals surface area contributed by atoms with Crippen LogP contribution in [0, 0.1) is 0 Å². The van der Waals surface area contributed by atoms with Crippen molar-refractivity contribution in [1.82, 2.24) is 19.9 Å². The summed E-state index contributed by atoms with van der Waals surface area (Å²) in [7, 11) is 0. The summed E-state index contributed by atoms with van der Waals surface area (Å²) in [4.78, 5) is 15.3. The average molecular weight is 404 g/mol. The summed E-state index contributed by atoms with van der Waals surface area (Å²) in [5, 5.41) is 4.97. The molecule has 3 heterocycles. The van der Waals surface area contributed by atoms with Gasteiger partial charge >= 0.3 is 0 Å². The van der Waals surface area contributed by atoms with E-state index in [-0.39, 0.29) is 6.04 Å². The molecule has 0 bridgehead atoms. The number of aryl methyl sites for hydroxylation is 1. The molecule has 1 aliphatic heterocycles. The predicted octanol–water partition coefficient (Wildman–Crippen LogP) is 4.02. The van der Waals surface area contributed by atoms with E-state index < -0.39 is 0 Å². The van der Waals surface area contributed by atoms with E-state index >= 15 is 0 Å². The zero-order valence-corrected chi connectivity index (χ0v) is 17.5. The molecule has 0 radical (unpaired) electrons. The Bertz CT molecular complexity index is 1060. The Morgan fingerprint density at radius 2 is 2.07 bits per heavy atom. The van der Waals surface area contributed by atoms with Crippen LogP contribution in [0.4, 0.5) is 5.82 Å². The molecule has 156 valence electrons. The molecule has 3 atom stereocenters. The molecule has 6 heteroatoms. The monoisotopic (exact) mass is 403 g/mol. The van der Waals surface area contributed by atoms with Crippen LogP contribution in [0.25, 0.3) is 11.0 Å². The average Bonchev–Trinajstić information content (AvgIpc) is 3.53. The quantitative estimate of drug-likeness (QED) is 0.689. The van der Waals surface area contributed by atoms with Crippen molar-refractivity contribution in [3.63, 3.8) is 0 Å². The summed E-state index contributed by atoms with van der Waals surface area (Å²) in [6.45, 7) is 4.90. The van der Waals surface area contributed by atoms with Crippen molar-refractivity contribution in [1.29, 1.82) is 0 Å². The van der Waals surface area contributed by atoms with Crippen molar-refractivity contribution in [2.24, 2.45) is 0 Å². The number of morpholine rings is 1. The molecule has 2 aromatic heterocycles. The van der Waals surface area contributed by atoms with Gasteiger partial charge in [-0.2, -0.15) is 0 Å². The van der Waals surface area contributed by atoms with Crippen molar-refractivity contribution >= 4 is 16.9 Å². The van der Waals surface area contributed by atoms with Crippen LogP contribution >= 0.6 is 0 Å². The Hall–Kier alpha value is -2.44. The van der Waals surface area contributed by atoms with Crippen LogP contribution in [-0.2, 0) is 11.2 Å². The molecule has 2 fully saturated rings. The summed E-state index contributed by atoms with van der Waals surface area (Å²) < 4.78 is 5.73. The van der Waals surface area contributed by atoms with E-state index in [1.807, 2.05) is 0 Å². The van der Waals surface area contributed by atoms with Gasteiger partial charge < -0.3 is 15.0 Å². The molecular weight excluding hydrogens is 374 g/mol. The van der Waals surface area contributed by atoms with Crippen LogP contribution in [0.2, 0.25) is 0 Å². The van der Waals surface area contributed by atoms with Crippen molar-refractivity contribution < 1.29 is 4.74 Å². The van der Waals surface area contributed by atoms with E-state index in [1.165, 1.54) is 29.7 Å². The van der Waals surface area contributed by atoms with Gasteiger partial charge in [-0.1, -0.05) is 24.3 Å². The molecule has 3 aliphatic rings. The number of benzene rings is 1. The normalized spacial score (nSPS) is 27.2. The number of hydrogen-bond donors (Lipinski definition) is 2. The van der Waals surface area contributed by atoms with Gasteiger partial charge in [-0.3, -0.25) is 4.90 Å². The molecule has 3 unspecified atom stereocenters. The number of nitrogens with zero attached hydrogens (tertiary/aromatic N) is 3. The summed E-state index contributed by atoms with van der Waals surface area (Å²) in [5.74, 6) is 1.61. The van der Waals surface area contributed by atoms with E-state index in [0.717, 1.165) is 49.5 Å². The number of rotatable bonds is 4. The highest BCUT2D eigenvalue weighted by molar-refractivity contribution is 5.88.